The van der Waals surface area contributed by atoms with Gasteiger partial charge < -0.3 is 9.64 Å². The molecule has 6 nitrogen and oxygen atoms in total. The number of carbonyl (C=O) groups excluding carboxylic acids is 1. The van der Waals surface area contributed by atoms with Gasteiger partial charge in [-0.2, -0.15) is 4.31 Å². The Labute approximate surface area is 144 Å². The van der Waals surface area contributed by atoms with Crippen molar-refractivity contribution in [1.29, 1.82) is 0 Å². The molecule has 134 valence electrons. The highest BCUT2D eigenvalue weighted by Crippen LogP contribution is 2.31. The maximum absolute atomic E-state index is 12.7. The number of methoxy groups -OCH3 is 1. The van der Waals surface area contributed by atoms with Gasteiger partial charge in [-0.25, -0.2) is 8.42 Å². The summed E-state index contributed by atoms with van der Waals surface area (Å²) in [7, 11) is -0.307. The predicted octanol–water partition coefficient (Wildman–Crippen LogP) is 2.03. The average Bonchev–Trinajstić information content (AvgIpc) is 2.80. The lowest BCUT2D eigenvalue weighted by molar-refractivity contribution is -0.133. The number of amides is 1. The summed E-state index contributed by atoms with van der Waals surface area (Å²) in [5, 5.41) is 0. The molecule has 7 heteroatoms. The van der Waals surface area contributed by atoms with Gasteiger partial charge in [0.2, 0.25) is 15.9 Å². The van der Waals surface area contributed by atoms with E-state index in [0.29, 0.717) is 6.54 Å². The minimum absolute atomic E-state index is 0.0149. The van der Waals surface area contributed by atoms with Gasteiger partial charge in [0.1, 0.15) is 5.75 Å². The molecule has 24 heavy (non-hydrogen) atoms. The molecule has 0 bridgehead atoms. The van der Waals surface area contributed by atoms with Crippen LogP contribution in [-0.4, -0.2) is 57.0 Å². The number of benzene rings is 1. The molecule has 1 unspecified atom stereocenters. The van der Waals surface area contributed by atoms with Crippen molar-refractivity contribution >= 4 is 15.9 Å². The third-order valence-electron chi connectivity index (χ3n) is 4.50. The van der Waals surface area contributed by atoms with E-state index in [0.717, 1.165) is 47.6 Å². The number of nitrogens with zero attached hydrogens (tertiary/aromatic N) is 2. The van der Waals surface area contributed by atoms with E-state index in [1.807, 2.05) is 29.2 Å². The number of sulfonamides is 1. The topological polar surface area (TPSA) is 66.9 Å². The van der Waals surface area contributed by atoms with Crippen LogP contribution in [0.2, 0.25) is 0 Å². The predicted molar refractivity (Wildman–Crippen MR) is 93.4 cm³/mol. The zero-order valence-electron chi connectivity index (χ0n) is 14.6. The van der Waals surface area contributed by atoms with Crippen LogP contribution in [0.15, 0.2) is 24.3 Å². The Bertz CT molecular complexity index is 658. The Kier molecular flexibility index (Phi) is 6.23. The Morgan fingerprint density at radius 1 is 1.25 bits per heavy atom. The zero-order chi connectivity index (χ0) is 17.7. The van der Waals surface area contributed by atoms with Gasteiger partial charge in [0.25, 0.3) is 0 Å². The van der Waals surface area contributed by atoms with Gasteiger partial charge in [0, 0.05) is 13.6 Å². The van der Waals surface area contributed by atoms with Crippen molar-refractivity contribution < 1.29 is 17.9 Å². The van der Waals surface area contributed by atoms with Crippen molar-refractivity contribution in [3.05, 3.63) is 29.8 Å². The second kappa shape index (κ2) is 7.98. The number of likely N-dealkylation sites (N-methyl/N-ethyl adjacent to an activating group) is 1. The molecule has 0 aliphatic carbocycles. The first-order valence-corrected chi connectivity index (χ1v) is 10.0. The molecule has 0 spiro atoms. The molecule has 1 amide bonds. The van der Waals surface area contributed by atoms with E-state index in [1.54, 1.807) is 7.11 Å². The SMILES string of the molecule is COc1ccc(C2CCCCCN2C(=O)CN(C)S(C)(=O)=O)cc1. The van der Waals surface area contributed by atoms with Crippen LogP contribution in [0.5, 0.6) is 5.75 Å². The molecular formula is C17H26N2O4S. The van der Waals surface area contributed by atoms with E-state index in [4.69, 9.17) is 4.74 Å². The molecule has 1 saturated heterocycles. The molecule has 1 aromatic carbocycles. The molecule has 0 saturated carbocycles. The van der Waals surface area contributed by atoms with Crippen molar-refractivity contribution in [2.75, 3.05) is 33.5 Å². The first-order chi connectivity index (χ1) is 11.3. The molecule has 1 heterocycles. The van der Waals surface area contributed by atoms with E-state index < -0.39 is 10.0 Å². The van der Waals surface area contributed by atoms with Crippen molar-refractivity contribution in [2.24, 2.45) is 0 Å². The van der Waals surface area contributed by atoms with Gasteiger partial charge in [0.05, 0.1) is 26.0 Å². The Morgan fingerprint density at radius 2 is 1.92 bits per heavy atom. The fourth-order valence-electron chi connectivity index (χ4n) is 2.98. The van der Waals surface area contributed by atoms with Crippen molar-refractivity contribution in [3.63, 3.8) is 0 Å². The number of hydrogen-bond acceptors (Lipinski definition) is 4. The number of carbonyl (C=O) groups is 1. The fraction of sp³-hybridized carbons (Fsp3) is 0.588. The van der Waals surface area contributed by atoms with Crippen LogP contribution < -0.4 is 4.74 Å². The molecule has 2 rings (SSSR count). The van der Waals surface area contributed by atoms with Gasteiger partial charge in [0.15, 0.2) is 0 Å². The lowest BCUT2D eigenvalue weighted by atomic mass is 10.0. The highest BCUT2D eigenvalue weighted by atomic mass is 32.2. The second-order valence-electron chi connectivity index (χ2n) is 6.24. The summed E-state index contributed by atoms with van der Waals surface area (Å²) in [6.45, 7) is 0.540. The molecule has 1 fully saturated rings. The molecule has 0 radical (unpaired) electrons. The molecule has 0 N–H and O–H groups in total. The number of likely N-dealkylation sites (tertiary alicyclic amines) is 1. The van der Waals surface area contributed by atoms with Gasteiger partial charge in [-0.15, -0.1) is 0 Å². The number of ether oxygens (including phenoxy) is 1. The molecule has 1 aromatic rings. The van der Waals surface area contributed by atoms with E-state index in [1.165, 1.54) is 7.05 Å². The number of hydrogen-bond donors (Lipinski definition) is 0. The third-order valence-corrected chi connectivity index (χ3v) is 5.76. The zero-order valence-corrected chi connectivity index (χ0v) is 15.4. The van der Waals surface area contributed by atoms with Crippen molar-refractivity contribution in [3.8, 4) is 5.75 Å². The van der Waals surface area contributed by atoms with Crippen LogP contribution in [-0.2, 0) is 14.8 Å². The van der Waals surface area contributed by atoms with Crippen LogP contribution in [0.25, 0.3) is 0 Å². The molecule has 1 aliphatic rings. The van der Waals surface area contributed by atoms with E-state index >= 15 is 0 Å². The van der Waals surface area contributed by atoms with Gasteiger partial charge in [-0.05, 0) is 30.5 Å². The minimum Gasteiger partial charge on any atom is -0.497 e. The fourth-order valence-corrected chi connectivity index (χ4v) is 3.32. The van der Waals surface area contributed by atoms with Gasteiger partial charge in [-0.1, -0.05) is 25.0 Å². The van der Waals surface area contributed by atoms with Crippen LogP contribution >= 0.6 is 0 Å². The van der Waals surface area contributed by atoms with Gasteiger partial charge in [-0.3, -0.25) is 4.79 Å². The summed E-state index contributed by atoms with van der Waals surface area (Å²) >= 11 is 0. The van der Waals surface area contributed by atoms with Crippen LogP contribution in [0, 0.1) is 0 Å². The lowest BCUT2D eigenvalue weighted by Gasteiger charge is -2.31. The molecular weight excluding hydrogens is 328 g/mol. The molecule has 1 atom stereocenters. The van der Waals surface area contributed by atoms with E-state index in [9.17, 15) is 13.2 Å². The Hall–Kier alpha value is -1.60. The molecule has 1 aliphatic heterocycles. The maximum atomic E-state index is 12.7. The summed E-state index contributed by atoms with van der Waals surface area (Å²) in [4.78, 5) is 14.5. The summed E-state index contributed by atoms with van der Waals surface area (Å²) in [5.74, 6) is 0.632. The normalized spacial score (nSPS) is 19.2. The van der Waals surface area contributed by atoms with E-state index in [-0.39, 0.29) is 18.5 Å². The summed E-state index contributed by atoms with van der Waals surface area (Å²) < 4.78 is 29.5. The summed E-state index contributed by atoms with van der Waals surface area (Å²) in [5.41, 5.74) is 1.06. The second-order valence-corrected chi connectivity index (χ2v) is 8.33. The molecule has 0 aromatic heterocycles. The highest BCUT2D eigenvalue weighted by molar-refractivity contribution is 7.88. The van der Waals surface area contributed by atoms with Gasteiger partial charge >= 0.3 is 0 Å². The highest BCUT2D eigenvalue weighted by Gasteiger charge is 2.28. The van der Waals surface area contributed by atoms with Crippen LogP contribution in [0.3, 0.4) is 0 Å². The summed E-state index contributed by atoms with van der Waals surface area (Å²) in [6, 6.07) is 7.74. The standard InChI is InChI=1S/C17H26N2O4S/c1-18(24(3,21)22)13-17(20)19-12-6-4-5-7-16(19)14-8-10-15(23-2)11-9-14/h8-11,16H,4-7,12-13H2,1-3H3. The van der Waals surface area contributed by atoms with E-state index in [2.05, 4.69) is 0 Å². The lowest BCUT2D eigenvalue weighted by Crippen LogP contribution is -2.42. The van der Waals surface area contributed by atoms with Crippen LogP contribution in [0.1, 0.15) is 37.3 Å². The summed E-state index contributed by atoms with van der Waals surface area (Å²) in [6.07, 6.45) is 5.09. The Balaban J connectivity index is 2.20. The van der Waals surface area contributed by atoms with Crippen molar-refractivity contribution in [1.82, 2.24) is 9.21 Å². The van der Waals surface area contributed by atoms with Crippen LogP contribution in [0.4, 0.5) is 0 Å². The smallest absolute Gasteiger partial charge is 0.238 e. The minimum atomic E-state index is -3.37. The largest absolute Gasteiger partial charge is 0.497 e. The third kappa shape index (κ3) is 4.70. The quantitative estimate of drug-likeness (QED) is 0.811. The monoisotopic (exact) mass is 354 g/mol. The number of rotatable bonds is 5. The Morgan fingerprint density at radius 3 is 2.50 bits per heavy atom. The maximum Gasteiger partial charge on any atom is 0.238 e. The van der Waals surface area contributed by atoms with Crippen molar-refractivity contribution in [2.45, 2.75) is 31.7 Å². The average molecular weight is 354 g/mol. The first-order valence-electron chi connectivity index (χ1n) is 8.17. The first kappa shape index (κ1) is 18.7.